The Labute approximate surface area is 98.0 Å². The Morgan fingerprint density at radius 2 is 1.83 bits per heavy atom. The van der Waals surface area contributed by atoms with Crippen LogP contribution in [-0.4, -0.2) is 0 Å². The lowest BCUT2D eigenvalue weighted by atomic mass is 10.2. The molecule has 5 heteroatoms. The van der Waals surface area contributed by atoms with Crippen molar-refractivity contribution in [3.05, 3.63) is 27.3 Å². The minimum Gasteiger partial charge on any atom is -0.398 e. The van der Waals surface area contributed by atoms with Crippen LogP contribution in [0.25, 0.3) is 0 Å². The van der Waals surface area contributed by atoms with Crippen molar-refractivity contribution in [3.8, 4) is 0 Å². The Morgan fingerprint density at radius 1 is 1.25 bits per heavy atom. The molecule has 1 rings (SSSR count). The fourth-order valence-electron chi connectivity index (χ4n) is 0.698. The number of nitrogens with two attached hydrogens (primary N) is 2. The summed E-state index contributed by atoms with van der Waals surface area (Å²) in [5, 5.41) is 0. The van der Waals surface area contributed by atoms with Crippen molar-refractivity contribution in [2.75, 3.05) is 5.73 Å². The van der Waals surface area contributed by atoms with Crippen LogP contribution in [0.15, 0.2) is 18.2 Å². The molecule has 0 radical (unpaired) electrons. The zero-order valence-electron chi connectivity index (χ0n) is 6.29. The van der Waals surface area contributed by atoms with Crippen LogP contribution in [0.3, 0.4) is 0 Å². The van der Waals surface area contributed by atoms with Crippen molar-refractivity contribution in [1.82, 2.24) is 0 Å². The molecule has 0 aliphatic heterocycles. The smallest absolute Gasteiger partial charge is 0.0449 e. The van der Waals surface area contributed by atoms with Gasteiger partial charge in [-0.05, 0) is 40.3 Å². The largest absolute Gasteiger partial charge is 0.398 e. The normalized spacial score (nSPS) is 8.17. The van der Waals surface area contributed by atoms with Gasteiger partial charge in [-0.2, -0.15) is 0 Å². The van der Waals surface area contributed by atoms with Crippen LogP contribution in [0, 0.1) is 3.57 Å². The number of hydrogen-bond donors (Lipinski definition) is 2. The first kappa shape index (κ1) is 14.8. The summed E-state index contributed by atoms with van der Waals surface area (Å²) in [6.07, 6.45) is 0. The molecule has 0 aliphatic rings. The third-order valence-electron chi connectivity index (χ3n) is 1.30. The second kappa shape index (κ2) is 6.77. The van der Waals surface area contributed by atoms with E-state index in [-0.39, 0.29) is 24.8 Å². The van der Waals surface area contributed by atoms with Crippen LogP contribution in [0.5, 0.6) is 0 Å². The van der Waals surface area contributed by atoms with Gasteiger partial charge in [0.1, 0.15) is 0 Å². The maximum atomic E-state index is 5.60. The maximum absolute atomic E-state index is 5.60. The highest BCUT2D eigenvalue weighted by atomic mass is 127. The van der Waals surface area contributed by atoms with Crippen LogP contribution in [0.2, 0.25) is 0 Å². The van der Waals surface area contributed by atoms with E-state index < -0.39 is 0 Å². The van der Waals surface area contributed by atoms with Gasteiger partial charge < -0.3 is 11.5 Å². The Balaban J connectivity index is 0. The third-order valence-corrected chi connectivity index (χ3v) is 2.23. The van der Waals surface area contributed by atoms with Crippen molar-refractivity contribution < 1.29 is 0 Å². The summed E-state index contributed by atoms with van der Waals surface area (Å²) in [6, 6.07) is 5.82. The molecule has 0 heterocycles. The van der Waals surface area contributed by atoms with E-state index in [1.807, 2.05) is 18.2 Å². The molecule has 0 aliphatic carbocycles. The molecule has 0 fully saturated rings. The number of anilines is 1. The SMILES string of the molecule is Cl.Cl.NCc1ccc(N)c(I)c1. The van der Waals surface area contributed by atoms with Crippen LogP contribution >= 0.6 is 47.4 Å². The molecule has 0 unspecified atom stereocenters. The minimum absolute atomic E-state index is 0. The molecule has 0 saturated carbocycles. The van der Waals surface area contributed by atoms with Gasteiger partial charge >= 0.3 is 0 Å². The molecular weight excluding hydrogens is 310 g/mol. The fraction of sp³-hybridized carbons (Fsp3) is 0.143. The van der Waals surface area contributed by atoms with Crippen molar-refractivity contribution in [1.29, 1.82) is 0 Å². The Bertz CT molecular complexity index is 243. The van der Waals surface area contributed by atoms with Gasteiger partial charge in [0, 0.05) is 15.8 Å². The topological polar surface area (TPSA) is 52.0 Å². The number of rotatable bonds is 1. The molecule has 0 bridgehead atoms. The van der Waals surface area contributed by atoms with E-state index in [2.05, 4.69) is 22.6 Å². The quantitative estimate of drug-likeness (QED) is 0.615. The first-order valence-corrected chi connectivity index (χ1v) is 4.06. The molecule has 0 atom stereocenters. The van der Waals surface area contributed by atoms with E-state index in [0.29, 0.717) is 6.54 Å². The molecule has 0 spiro atoms. The fourth-order valence-corrected chi connectivity index (χ4v) is 1.28. The van der Waals surface area contributed by atoms with Crippen LogP contribution in [0.1, 0.15) is 5.56 Å². The second-order valence-corrected chi connectivity index (χ2v) is 3.22. The second-order valence-electron chi connectivity index (χ2n) is 2.06. The van der Waals surface area contributed by atoms with E-state index in [4.69, 9.17) is 11.5 Å². The Hall–Kier alpha value is 0.290. The molecule has 0 saturated heterocycles. The van der Waals surface area contributed by atoms with Gasteiger partial charge in [0.15, 0.2) is 0 Å². The zero-order chi connectivity index (χ0) is 7.56. The van der Waals surface area contributed by atoms with Crippen LogP contribution in [-0.2, 0) is 6.54 Å². The molecule has 0 aromatic heterocycles. The third kappa shape index (κ3) is 3.80. The van der Waals surface area contributed by atoms with Gasteiger partial charge in [0.25, 0.3) is 0 Å². The Morgan fingerprint density at radius 3 is 2.25 bits per heavy atom. The Kier molecular flexibility index (Phi) is 8.34. The summed E-state index contributed by atoms with van der Waals surface area (Å²) >= 11 is 2.19. The molecule has 2 nitrogen and oxygen atoms in total. The molecular formula is C7H11Cl2IN2. The average Bonchev–Trinajstić information content (AvgIpc) is 1.95. The first-order chi connectivity index (χ1) is 4.74. The zero-order valence-corrected chi connectivity index (χ0v) is 10.1. The lowest BCUT2D eigenvalue weighted by Gasteiger charge is -1.99. The predicted octanol–water partition coefficient (Wildman–Crippen LogP) is 2.18. The van der Waals surface area contributed by atoms with Crippen LogP contribution in [0.4, 0.5) is 5.69 Å². The molecule has 12 heavy (non-hydrogen) atoms. The van der Waals surface area contributed by atoms with Gasteiger partial charge in [-0.25, -0.2) is 0 Å². The van der Waals surface area contributed by atoms with Crippen LogP contribution < -0.4 is 11.5 Å². The molecule has 1 aromatic rings. The number of benzene rings is 1. The van der Waals surface area contributed by atoms with E-state index in [0.717, 1.165) is 14.8 Å². The summed E-state index contributed by atoms with van der Waals surface area (Å²) < 4.78 is 1.07. The van der Waals surface area contributed by atoms with Crippen molar-refractivity contribution >= 4 is 53.1 Å². The first-order valence-electron chi connectivity index (χ1n) is 2.98. The van der Waals surface area contributed by atoms with Crippen molar-refractivity contribution in [2.45, 2.75) is 6.54 Å². The van der Waals surface area contributed by atoms with Crippen molar-refractivity contribution in [2.24, 2.45) is 5.73 Å². The number of halogens is 3. The monoisotopic (exact) mass is 320 g/mol. The number of hydrogen-bond acceptors (Lipinski definition) is 2. The molecule has 70 valence electrons. The predicted molar refractivity (Wildman–Crippen MR) is 66.0 cm³/mol. The summed E-state index contributed by atoms with van der Waals surface area (Å²) in [7, 11) is 0. The summed E-state index contributed by atoms with van der Waals surface area (Å²) in [5.74, 6) is 0. The molecule has 0 amide bonds. The average molecular weight is 321 g/mol. The highest BCUT2D eigenvalue weighted by Gasteiger charge is 1.94. The van der Waals surface area contributed by atoms with Gasteiger partial charge in [-0.15, -0.1) is 24.8 Å². The standard InChI is InChI=1S/C7H9IN2.2ClH/c8-6-3-5(4-9)1-2-7(6)10;;/h1-3H,4,9-10H2;2*1H. The maximum Gasteiger partial charge on any atom is 0.0449 e. The van der Waals surface area contributed by atoms with Gasteiger partial charge in [0.05, 0.1) is 0 Å². The molecule has 1 aromatic carbocycles. The van der Waals surface area contributed by atoms with E-state index >= 15 is 0 Å². The highest BCUT2D eigenvalue weighted by molar-refractivity contribution is 14.1. The van der Waals surface area contributed by atoms with Gasteiger partial charge in [-0.3, -0.25) is 0 Å². The number of nitrogen functional groups attached to an aromatic ring is 1. The highest BCUT2D eigenvalue weighted by Crippen LogP contribution is 2.15. The summed E-state index contributed by atoms with van der Waals surface area (Å²) in [6.45, 7) is 0.580. The summed E-state index contributed by atoms with van der Waals surface area (Å²) in [5.41, 5.74) is 13.0. The van der Waals surface area contributed by atoms with E-state index in [1.165, 1.54) is 0 Å². The van der Waals surface area contributed by atoms with E-state index in [9.17, 15) is 0 Å². The minimum atomic E-state index is 0. The van der Waals surface area contributed by atoms with Crippen molar-refractivity contribution in [3.63, 3.8) is 0 Å². The lowest BCUT2D eigenvalue weighted by Crippen LogP contribution is -1.97. The lowest BCUT2D eigenvalue weighted by molar-refractivity contribution is 1.07. The summed E-state index contributed by atoms with van der Waals surface area (Å²) in [4.78, 5) is 0. The van der Waals surface area contributed by atoms with E-state index in [1.54, 1.807) is 0 Å². The van der Waals surface area contributed by atoms with Gasteiger partial charge in [0.2, 0.25) is 0 Å². The molecule has 4 N–H and O–H groups in total. The van der Waals surface area contributed by atoms with Gasteiger partial charge in [-0.1, -0.05) is 6.07 Å².